The Morgan fingerprint density at radius 2 is 1.63 bits per heavy atom. The first-order chi connectivity index (χ1) is 23.7. The van der Waals surface area contributed by atoms with Crippen molar-refractivity contribution in [3.05, 3.63) is 50.9 Å². The summed E-state index contributed by atoms with van der Waals surface area (Å²) < 4.78 is 34.6. The predicted molar refractivity (Wildman–Crippen MR) is 217 cm³/mol. The van der Waals surface area contributed by atoms with Crippen molar-refractivity contribution >= 4 is 61.9 Å². The van der Waals surface area contributed by atoms with E-state index < -0.39 is 41.5 Å². The van der Waals surface area contributed by atoms with Gasteiger partial charge in [0.25, 0.3) is 0 Å². The van der Waals surface area contributed by atoms with E-state index in [9.17, 15) is 9.59 Å². The number of hydrogen-bond donors (Lipinski definition) is 0. The van der Waals surface area contributed by atoms with Crippen molar-refractivity contribution in [2.75, 3.05) is 6.61 Å². The van der Waals surface area contributed by atoms with Crippen LogP contribution >= 0.6 is 31.9 Å². The highest BCUT2D eigenvalue weighted by Crippen LogP contribution is 2.54. The number of carbonyl (C=O) groups excluding carboxylic acids is 2. The van der Waals surface area contributed by atoms with Crippen LogP contribution in [0.4, 0.5) is 0 Å². The van der Waals surface area contributed by atoms with Gasteiger partial charge in [0, 0.05) is 17.8 Å². The van der Waals surface area contributed by atoms with Crippen molar-refractivity contribution in [2.24, 2.45) is 34.5 Å². The molecule has 51 heavy (non-hydrogen) atoms. The summed E-state index contributed by atoms with van der Waals surface area (Å²) in [5.41, 5.74) is -0.878. The highest BCUT2D eigenvalue weighted by molar-refractivity contribution is 9.11. The third-order valence-electron chi connectivity index (χ3n) is 11.1. The number of cyclic esters (lactones) is 1. The molecular formula is C40H62Br2O7Si2. The van der Waals surface area contributed by atoms with Crippen molar-refractivity contribution in [1.82, 2.24) is 0 Å². The molecule has 11 heteroatoms. The summed E-state index contributed by atoms with van der Waals surface area (Å²) in [6, 6.07) is 5.70. The van der Waals surface area contributed by atoms with Crippen molar-refractivity contribution in [2.45, 2.75) is 137 Å². The third-order valence-corrected chi connectivity index (χ3v) is 14.1. The first-order valence-electron chi connectivity index (χ1n) is 18.9. The fraction of sp³-hybridized carbons (Fsp3) is 0.700. The van der Waals surface area contributed by atoms with Gasteiger partial charge in [-0.15, -0.1) is 0 Å². The van der Waals surface area contributed by atoms with Gasteiger partial charge in [-0.3, -0.25) is 0 Å². The normalized spacial score (nSPS) is 30.5. The molecule has 1 fully saturated rings. The molecule has 0 bridgehead atoms. The van der Waals surface area contributed by atoms with E-state index in [1.165, 1.54) is 0 Å². The first kappa shape index (κ1) is 42.5. The number of hydrogen-bond acceptors (Lipinski definition) is 7. The predicted octanol–water partition coefficient (Wildman–Crippen LogP) is 9.96. The van der Waals surface area contributed by atoms with E-state index in [1.54, 1.807) is 0 Å². The number of para-hydroxylation sites is 1. The van der Waals surface area contributed by atoms with Gasteiger partial charge in [0.1, 0.15) is 11.9 Å². The molecule has 0 saturated carbocycles. The highest BCUT2D eigenvalue weighted by Gasteiger charge is 2.59. The van der Waals surface area contributed by atoms with Crippen LogP contribution < -0.4 is 4.74 Å². The maximum absolute atomic E-state index is 14.3. The van der Waals surface area contributed by atoms with Gasteiger partial charge < -0.3 is 23.1 Å². The van der Waals surface area contributed by atoms with E-state index in [4.69, 9.17) is 23.1 Å². The molecule has 1 aromatic carbocycles. The van der Waals surface area contributed by atoms with Crippen LogP contribution in [-0.2, 0) is 27.9 Å². The lowest BCUT2D eigenvalue weighted by molar-refractivity contribution is -0.191. The fourth-order valence-electron chi connectivity index (χ4n) is 8.67. The number of esters is 2. The van der Waals surface area contributed by atoms with Gasteiger partial charge in [0.05, 0.1) is 21.2 Å². The molecule has 7 nitrogen and oxygen atoms in total. The van der Waals surface area contributed by atoms with Crippen molar-refractivity contribution in [3.8, 4) is 5.75 Å². The summed E-state index contributed by atoms with van der Waals surface area (Å²) in [7, 11) is -3.38. The van der Waals surface area contributed by atoms with Crippen LogP contribution in [0.2, 0.25) is 26.2 Å². The largest absolute Gasteiger partial charge is 0.476 e. The third kappa shape index (κ3) is 9.35. The molecule has 286 valence electrons. The lowest BCUT2D eigenvalue weighted by Gasteiger charge is -2.55. The molecule has 3 unspecified atom stereocenters. The molecule has 0 amide bonds. The number of ether oxygens (including phenoxy) is 3. The average molecular weight is 871 g/mol. The first-order valence-corrected chi connectivity index (χ1v) is 26.0. The maximum atomic E-state index is 14.3. The molecule has 1 aromatic rings. The van der Waals surface area contributed by atoms with Crippen LogP contribution in [-0.4, -0.2) is 60.0 Å². The highest BCUT2D eigenvalue weighted by atomic mass is 79.9. The van der Waals surface area contributed by atoms with Crippen LogP contribution in [0.5, 0.6) is 5.75 Å². The van der Waals surface area contributed by atoms with Gasteiger partial charge >= 0.3 is 11.9 Å². The Balaban J connectivity index is 1.82. The van der Waals surface area contributed by atoms with E-state index in [1.807, 2.05) is 25.1 Å². The maximum Gasteiger partial charge on any atom is 0.347 e. The Morgan fingerprint density at radius 1 is 1.00 bits per heavy atom. The van der Waals surface area contributed by atoms with Gasteiger partial charge in [0.15, 0.2) is 29.8 Å². The zero-order valence-electron chi connectivity index (χ0n) is 32.9. The molecular weight excluding hydrogens is 808 g/mol. The van der Waals surface area contributed by atoms with Crippen LogP contribution in [0, 0.1) is 34.5 Å². The van der Waals surface area contributed by atoms with Gasteiger partial charge in [-0.2, -0.15) is 0 Å². The standard InChI is InChI=1S/C40H62Br2O7Si2/c1-13-30(46-34-28(41)15-14-16-29(34)42)35(43)47-31-24-27(37(3,4)5)23-26-18-17-25(2)39(33(26)31,48-50(9)10)20-21-40(49-51(11)12)32(38(6,7)8)19-22-45-36(40)44/h14-18,23,25,27,30-33,50-51H,13,19-22,24H2,1-12H3/t25-,27+,30?,31-,32?,33+,39-,40?/m0/s1. The lowest BCUT2D eigenvalue weighted by atomic mass is 9.58. The number of allylic oxidation sites excluding steroid dienone is 2. The Labute approximate surface area is 327 Å². The molecule has 1 aliphatic heterocycles. The topological polar surface area (TPSA) is 80.3 Å². The van der Waals surface area contributed by atoms with Crippen molar-refractivity contribution in [1.29, 1.82) is 0 Å². The fourth-order valence-corrected chi connectivity index (χ4v) is 12.4. The second-order valence-corrected chi connectivity index (χ2v) is 23.9. The number of benzene rings is 1. The van der Waals surface area contributed by atoms with Crippen molar-refractivity contribution in [3.63, 3.8) is 0 Å². The number of rotatable bonds is 12. The average Bonchev–Trinajstić information content (AvgIpc) is 3.01. The van der Waals surface area contributed by atoms with E-state index >= 15 is 0 Å². The molecule has 0 spiro atoms. The zero-order chi connectivity index (χ0) is 38.1. The molecule has 0 N–H and O–H groups in total. The van der Waals surface area contributed by atoms with Gasteiger partial charge in [-0.1, -0.05) is 79.7 Å². The summed E-state index contributed by atoms with van der Waals surface area (Å²) >= 11 is 7.17. The lowest BCUT2D eigenvalue weighted by Crippen LogP contribution is -2.62. The van der Waals surface area contributed by atoms with Crippen molar-refractivity contribution < 1.29 is 32.7 Å². The van der Waals surface area contributed by atoms with E-state index in [-0.39, 0.29) is 46.4 Å². The van der Waals surface area contributed by atoms with Crippen LogP contribution in [0.1, 0.15) is 87.5 Å². The Bertz CT molecular complexity index is 1440. The summed E-state index contributed by atoms with van der Waals surface area (Å²) in [5.74, 6) is -0.132. The minimum atomic E-state index is -1.69. The van der Waals surface area contributed by atoms with Gasteiger partial charge in [-0.25, -0.2) is 9.59 Å². The molecule has 0 aromatic heterocycles. The monoisotopic (exact) mass is 868 g/mol. The van der Waals surface area contributed by atoms with E-state index in [0.717, 1.165) is 20.9 Å². The minimum absolute atomic E-state index is 0.00238. The summed E-state index contributed by atoms with van der Waals surface area (Å²) in [5, 5.41) is 0. The molecule has 8 atom stereocenters. The van der Waals surface area contributed by atoms with Crippen LogP contribution in [0.3, 0.4) is 0 Å². The second-order valence-electron chi connectivity index (χ2n) is 17.6. The van der Waals surface area contributed by atoms with Crippen LogP contribution in [0.15, 0.2) is 50.9 Å². The molecule has 1 heterocycles. The van der Waals surface area contributed by atoms with Crippen LogP contribution in [0.25, 0.3) is 0 Å². The smallest absolute Gasteiger partial charge is 0.347 e. The van der Waals surface area contributed by atoms with E-state index in [0.29, 0.717) is 38.0 Å². The van der Waals surface area contributed by atoms with Gasteiger partial charge in [0.2, 0.25) is 0 Å². The second kappa shape index (κ2) is 16.6. The minimum Gasteiger partial charge on any atom is -0.476 e. The molecule has 2 aliphatic carbocycles. The molecule has 4 rings (SSSR count). The Hall–Kier alpha value is -1.25. The number of fused-ring (bicyclic) bond motifs is 1. The summed E-state index contributed by atoms with van der Waals surface area (Å²) in [4.78, 5) is 28.3. The SMILES string of the molecule is CCC(Oc1c(Br)cccc1Br)C(=O)O[C@H]1C[C@H](C(C)(C)C)C=C2C=C[C@H](C)[C@](CCC3(O[SiH](C)C)C(=O)OCCC3C(C)(C)C)(O[SiH](C)C)[C@H]21. The number of halogens is 2. The summed E-state index contributed by atoms with van der Waals surface area (Å²) in [6.07, 6.45) is 8.53. The van der Waals surface area contributed by atoms with Gasteiger partial charge in [-0.05, 0) is 125 Å². The quantitative estimate of drug-likeness (QED) is 0.153. The zero-order valence-corrected chi connectivity index (χ0v) is 38.4. The summed E-state index contributed by atoms with van der Waals surface area (Å²) in [6.45, 7) is 26.6. The number of carbonyl (C=O) groups is 2. The molecule has 3 aliphatic rings. The van der Waals surface area contributed by atoms with E-state index in [2.05, 4.69) is 125 Å². The molecule has 1 saturated heterocycles. The Kier molecular flexibility index (Phi) is 13.9. The molecule has 0 radical (unpaired) electrons. The Morgan fingerprint density at radius 3 is 2.18 bits per heavy atom.